The molecule has 212 valence electrons. The smallest absolute Gasteiger partial charge is 0.417 e. The average molecular weight is 564 g/mol. The normalized spacial score (nSPS) is 19.6. The summed E-state index contributed by atoms with van der Waals surface area (Å²) in [5.74, 6) is -3.33. The van der Waals surface area contributed by atoms with Crippen molar-refractivity contribution in [1.82, 2.24) is 4.98 Å². The number of rotatable bonds is 9. The third kappa shape index (κ3) is 5.60. The molecule has 0 radical (unpaired) electrons. The van der Waals surface area contributed by atoms with Gasteiger partial charge in [0.05, 0.1) is 23.7 Å². The summed E-state index contributed by atoms with van der Waals surface area (Å²) >= 11 is 0. The van der Waals surface area contributed by atoms with Gasteiger partial charge in [0, 0.05) is 41.8 Å². The van der Waals surface area contributed by atoms with Crippen molar-refractivity contribution in [3.05, 3.63) is 76.5 Å². The fourth-order valence-corrected chi connectivity index (χ4v) is 5.24. The lowest BCUT2D eigenvalue weighted by Crippen LogP contribution is -2.21. The van der Waals surface area contributed by atoms with E-state index in [1.54, 1.807) is 19.9 Å². The van der Waals surface area contributed by atoms with Crippen molar-refractivity contribution in [2.24, 2.45) is 11.8 Å². The SMILES string of the molecule is CC(C)(O)CCOc1ccc(-c2cc(COc3cc4c(cn3)[C@H]3[C@@H](C4)[C@@H]3C(=O)O)c(F)cc2C(F)(F)F)c(F)c1. The summed E-state index contributed by atoms with van der Waals surface area (Å²) in [6.07, 6.45) is -2.64. The molecule has 1 fully saturated rings. The van der Waals surface area contributed by atoms with Crippen molar-refractivity contribution in [2.45, 2.75) is 51.0 Å². The second-order valence-electron chi connectivity index (χ2n) is 10.8. The van der Waals surface area contributed by atoms with Crippen LogP contribution in [0.15, 0.2) is 42.6 Å². The van der Waals surface area contributed by atoms with Crippen LogP contribution in [0.3, 0.4) is 0 Å². The minimum absolute atomic E-state index is 0.00710. The number of fused-ring (bicyclic) bond motifs is 3. The fourth-order valence-electron chi connectivity index (χ4n) is 5.24. The molecule has 0 aliphatic heterocycles. The van der Waals surface area contributed by atoms with Crippen molar-refractivity contribution < 1.29 is 46.4 Å². The third-order valence-corrected chi connectivity index (χ3v) is 7.35. The van der Waals surface area contributed by atoms with E-state index in [4.69, 9.17) is 9.47 Å². The molecule has 0 bridgehead atoms. The topological polar surface area (TPSA) is 88.9 Å². The Balaban J connectivity index is 1.37. The maximum Gasteiger partial charge on any atom is 0.417 e. The van der Waals surface area contributed by atoms with Gasteiger partial charge in [0.15, 0.2) is 0 Å². The first-order valence-electron chi connectivity index (χ1n) is 12.6. The average Bonchev–Trinajstić information content (AvgIpc) is 3.44. The van der Waals surface area contributed by atoms with Crippen LogP contribution in [0.25, 0.3) is 11.1 Å². The second-order valence-corrected chi connectivity index (χ2v) is 10.8. The molecule has 2 aromatic carbocycles. The summed E-state index contributed by atoms with van der Waals surface area (Å²) in [5, 5.41) is 19.0. The molecule has 2 aliphatic rings. The molecule has 5 rings (SSSR count). The molecule has 2 aliphatic carbocycles. The number of aromatic nitrogens is 1. The summed E-state index contributed by atoms with van der Waals surface area (Å²) in [5.41, 5.74) is -1.84. The van der Waals surface area contributed by atoms with Gasteiger partial charge in [0.1, 0.15) is 24.0 Å². The van der Waals surface area contributed by atoms with Gasteiger partial charge in [0.2, 0.25) is 5.88 Å². The largest absolute Gasteiger partial charge is 0.493 e. The van der Waals surface area contributed by atoms with Crippen LogP contribution in [0.5, 0.6) is 11.6 Å². The van der Waals surface area contributed by atoms with Crippen LogP contribution in [0.1, 0.15) is 48.4 Å². The zero-order valence-electron chi connectivity index (χ0n) is 21.6. The van der Waals surface area contributed by atoms with Gasteiger partial charge in [-0.3, -0.25) is 4.79 Å². The number of benzene rings is 2. The molecular weight excluding hydrogens is 537 g/mol. The summed E-state index contributed by atoms with van der Waals surface area (Å²) in [6.45, 7) is 2.75. The number of hydrogen-bond acceptors (Lipinski definition) is 5. The third-order valence-electron chi connectivity index (χ3n) is 7.35. The van der Waals surface area contributed by atoms with Gasteiger partial charge in [-0.1, -0.05) is 0 Å². The van der Waals surface area contributed by atoms with Crippen molar-refractivity contribution in [2.75, 3.05) is 6.61 Å². The molecule has 0 saturated heterocycles. The molecule has 3 atom stereocenters. The molecule has 11 heteroatoms. The zero-order chi connectivity index (χ0) is 29.0. The van der Waals surface area contributed by atoms with E-state index in [9.17, 15) is 32.6 Å². The number of carboxylic acids is 1. The standard InChI is InChI=1S/C29H26F5NO5/c1-28(2,38)5-6-39-16-3-4-17(23(31)10-16)18-8-15(22(30)11-21(18)29(32,33)34)13-40-24-9-14-7-19-25(20(14)12-35-24)26(19)27(36)37/h3-4,8-12,19,25-26,38H,5-7,13H2,1-2H3,(H,36,37)/t19-,25-,26+/m1/s1. The van der Waals surface area contributed by atoms with Gasteiger partial charge >= 0.3 is 12.1 Å². The lowest BCUT2D eigenvalue weighted by Gasteiger charge is -2.18. The van der Waals surface area contributed by atoms with Gasteiger partial charge in [-0.15, -0.1) is 0 Å². The number of hydrogen-bond donors (Lipinski definition) is 2. The van der Waals surface area contributed by atoms with E-state index in [2.05, 4.69) is 4.98 Å². The van der Waals surface area contributed by atoms with Gasteiger partial charge in [-0.2, -0.15) is 13.2 Å². The van der Waals surface area contributed by atoms with Gasteiger partial charge in [-0.05, 0) is 67.1 Å². The van der Waals surface area contributed by atoms with E-state index in [0.717, 1.165) is 29.3 Å². The molecular formula is C29H26F5NO5. The van der Waals surface area contributed by atoms with Crippen LogP contribution in [0.2, 0.25) is 0 Å². The summed E-state index contributed by atoms with van der Waals surface area (Å²) < 4.78 is 82.2. The summed E-state index contributed by atoms with van der Waals surface area (Å²) in [7, 11) is 0. The molecule has 40 heavy (non-hydrogen) atoms. The van der Waals surface area contributed by atoms with Crippen molar-refractivity contribution in [3.63, 3.8) is 0 Å². The predicted molar refractivity (Wildman–Crippen MR) is 133 cm³/mol. The van der Waals surface area contributed by atoms with E-state index >= 15 is 4.39 Å². The maximum atomic E-state index is 15.0. The maximum absolute atomic E-state index is 15.0. The second kappa shape index (κ2) is 10.0. The molecule has 1 saturated carbocycles. The van der Waals surface area contributed by atoms with E-state index in [1.807, 2.05) is 0 Å². The number of pyridine rings is 1. The van der Waals surface area contributed by atoms with Gasteiger partial charge < -0.3 is 19.7 Å². The summed E-state index contributed by atoms with van der Waals surface area (Å²) in [6, 6.07) is 6.21. The fraction of sp³-hybridized carbons (Fsp3) is 0.379. The van der Waals surface area contributed by atoms with Crippen LogP contribution in [0.4, 0.5) is 22.0 Å². The molecule has 1 aromatic heterocycles. The van der Waals surface area contributed by atoms with Crippen LogP contribution in [-0.4, -0.2) is 33.4 Å². The minimum Gasteiger partial charge on any atom is -0.493 e. The molecule has 6 nitrogen and oxygen atoms in total. The Labute approximate surface area is 226 Å². The predicted octanol–water partition coefficient (Wildman–Crippen LogP) is 6.13. The number of aliphatic carboxylic acids is 1. The van der Waals surface area contributed by atoms with Gasteiger partial charge in [0.25, 0.3) is 0 Å². The first-order valence-corrected chi connectivity index (χ1v) is 12.6. The van der Waals surface area contributed by atoms with Crippen molar-refractivity contribution in [3.8, 4) is 22.8 Å². The number of nitrogens with zero attached hydrogens (tertiary/aromatic N) is 1. The lowest BCUT2D eigenvalue weighted by molar-refractivity contribution is -0.139. The van der Waals surface area contributed by atoms with E-state index in [0.29, 0.717) is 12.5 Å². The summed E-state index contributed by atoms with van der Waals surface area (Å²) in [4.78, 5) is 15.4. The number of carboxylic acid groups (broad SMARTS) is 1. The number of ether oxygens (including phenoxy) is 2. The highest BCUT2D eigenvalue weighted by molar-refractivity contribution is 5.77. The number of carbonyl (C=O) groups is 1. The first kappa shape index (κ1) is 27.8. The zero-order valence-corrected chi connectivity index (χ0v) is 21.6. The Morgan fingerprint density at radius 2 is 1.80 bits per heavy atom. The first-order chi connectivity index (χ1) is 18.7. The number of halogens is 5. The van der Waals surface area contributed by atoms with Crippen LogP contribution in [0, 0.1) is 23.5 Å². The van der Waals surface area contributed by atoms with Crippen LogP contribution < -0.4 is 9.47 Å². The highest BCUT2D eigenvalue weighted by Crippen LogP contribution is 2.61. The molecule has 0 unspecified atom stereocenters. The Kier molecular flexibility index (Phi) is 6.98. The lowest BCUT2D eigenvalue weighted by atomic mass is 9.96. The molecule has 2 N–H and O–H groups in total. The van der Waals surface area contributed by atoms with Crippen LogP contribution >= 0.6 is 0 Å². The highest BCUT2D eigenvalue weighted by Gasteiger charge is 2.60. The Morgan fingerprint density at radius 3 is 2.45 bits per heavy atom. The van der Waals surface area contributed by atoms with E-state index in [-0.39, 0.29) is 42.1 Å². The quantitative estimate of drug-likeness (QED) is 0.305. The Morgan fingerprint density at radius 1 is 1.05 bits per heavy atom. The monoisotopic (exact) mass is 563 g/mol. The number of aliphatic hydroxyl groups is 1. The minimum atomic E-state index is -4.96. The molecule has 0 amide bonds. The van der Waals surface area contributed by atoms with Gasteiger partial charge in [-0.25, -0.2) is 13.8 Å². The van der Waals surface area contributed by atoms with Crippen LogP contribution in [-0.2, 0) is 24.0 Å². The number of alkyl halides is 3. The van der Waals surface area contributed by atoms with Crippen molar-refractivity contribution >= 4 is 5.97 Å². The molecule has 3 aromatic rings. The molecule has 1 heterocycles. The van der Waals surface area contributed by atoms with E-state index in [1.165, 1.54) is 12.3 Å². The van der Waals surface area contributed by atoms with E-state index < -0.39 is 58.6 Å². The van der Waals surface area contributed by atoms with Crippen molar-refractivity contribution in [1.29, 1.82) is 0 Å². The Bertz CT molecular complexity index is 1470. The highest BCUT2D eigenvalue weighted by atomic mass is 19.4. The Hall–Kier alpha value is -3.73. The molecule has 0 spiro atoms.